The number of aryl methyl sites for hydroxylation is 1. The molecule has 0 aromatic heterocycles. The Bertz CT molecular complexity index is 661. The number of likely N-dealkylation sites (tertiary alicyclic amines) is 1. The number of carbonyl (C=O) groups is 2. The fourth-order valence-electron chi connectivity index (χ4n) is 4.62. The fourth-order valence-corrected chi connectivity index (χ4v) is 4.62. The summed E-state index contributed by atoms with van der Waals surface area (Å²) < 4.78 is 5.33. The van der Waals surface area contributed by atoms with E-state index < -0.39 is 0 Å². The number of hydrogen-bond acceptors (Lipinski definition) is 3. The first-order valence-corrected chi connectivity index (χ1v) is 9.94. The molecule has 26 heavy (non-hydrogen) atoms. The van der Waals surface area contributed by atoms with E-state index in [9.17, 15) is 9.59 Å². The summed E-state index contributed by atoms with van der Waals surface area (Å²) in [6.45, 7) is 4.14. The highest BCUT2D eigenvalue weighted by molar-refractivity contribution is 5.80. The molecule has 5 nitrogen and oxygen atoms in total. The van der Waals surface area contributed by atoms with Crippen LogP contribution in [0.3, 0.4) is 0 Å². The zero-order valence-corrected chi connectivity index (χ0v) is 15.4. The van der Waals surface area contributed by atoms with Crippen molar-refractivity contribution in [1.29, 1.82) is 0 Å². The molecule has 0 N–H and O–H groups in total. The second kappa shape index (κ2) is 7.78. The quantitative estimate of drug-likeness (QED) is 0.834. The number of ether oxygens (including phenoxy) is 1. The molecule has 2 fully saturated rings. The lowest BCUT2D eigenvalue weighted by molar-refractivity contribution is -0.143. The van der Waals surface area contributed by atoms with Crippen LogP contribution in [0.2, 0.25) is 0 Å². The van der Waals surface area contributed by atoms with Crippen LogP contribution in [0, 0.1) is 5.92 Å². The average molecular weight is 356 g/mol. The van der Waals surface area contributed by atoms with Crippen LogP contribution in [0.1, 0.15) is 42.7 Å². The molecule has 2 amide bonds. The number of hydrogen-bond donors (Lipinski definition) is 0. The van der Waals surface area contributed by atoms with Crippen LogP contribution in [0.4, 0.5) is 0 Å². The first kappa shape index (κ1) is 17.5. The van der Waals surface area contributed by atoms with E-state index in [2.05, 4.69) is 24.3 Å². The second-order valence-electron chi connectivity index (χ2n) is 7.73. The summed E-state index contributed by atoms with van der Waals surface area (Å²) in [6.07, 6.45) is 4.37. The van der Waals surface area contributed by atoms with Crippen LogP contribution < -0.4 is 0 Å². The van der Waals surface area contributed by atoms with Crippen molar-refractivity contribution >= 4 is 11.8 Å². The molecule has 2 heterocycles. The second-order valence-corrected chi connectivity index (χ2v) is 7.73. The van der Waals surface area contributed by atoms with E-state index in [0.717, 1.165) is 25.7 Å². The lowest BCUT2D eigenvalue weighted by atomic mass is 9.93. The lowest BCUT2D eigenvalue weighted by Gasteiger charge is -2.35. The van der Waals surface area contributed by atoms with E-state index in [1.807, 2.05) is 9.80 Å². The molecule has 1 aromatic carbocycles. The Labute approximate surface area is 155 Å². The molecule has 0 unspecified atom stereocenters. The van der Waals surface area contributed by atoms with E-state index in [1.165, 1.54) is 11.1 Å². The van der Waals surface area contributed by atoms with Crippen molar-refractivity contribution in [1.82, 2.24) is 9.80 Å². The van der Waals surface area contributed by atoms with E-state index in [4.69, 9.17) is 4.74 Å². The fraction of sp³-hybridized carbons (Fsp3) is 0.619. The molecule has 0 saturated carbocycles. The number of amides is 2. The molecule has 0 radical (unpaired) electrons. The molecule has 0 bridgehead atoms. The van der Waals surface area contributed by atoms with E-state index >= 15 is 0 Å². The summed E-state index contributed by atoms with van der Waals surface area (Å²) in [7, 11) is 0. The minimum Gasteiger partial charge on any atom is -0.378 e. The molecular formula is C21H28N2O3. The standard InChI is InChI=1S/C21H28N2O3/c24-20(15-18-6-5-16-3-1-2-4-19(16)18)22-9-7-17(8-10-22)21(25)23-11-13-26-14-12-23/h1-4,17-18H,5-15H2/t18-/m1/s1. The van der Waals surface area contributed by atoms with Gasteiger partial charge < -0.3 is 14.5 Å². The van der Waals surface area contributed by atoms with Crippen LogP contribution in [0.25, 0.3) is 0 Å². The summed E-state index contributed by atoms with van der Waals surface area (Å²) in [6, 6.07) is 8.51. The van der Waals surface area contributed by atoms with Crippen molar-refractivity contribution in [2.24, 2.45) is 5.92 Å². The van der Waals surface area contributed by atoms with Gasteiger partial charge in [0.05, 0.1) is 13.2 Å². The Morgan fingerprint density at radius 3 is 2.46 bits per heavy atom. The number of morpholine rings is 1. The summed E-state index contributed by atoms with van der Waals surface area (Å²) in [5, 5.41) is 0. The van der Waals surface area contributed by atoms with Gasteiger partial charge in [-0.15, -0.1) is 0 Å². The van der Waals surface area contributed by atoms with Gasteiger partial charge in [0, 0.05) is 38.5 Å². The van der Waals surface area contributed by atoms with Gasteiger partial charge in [-0.3, -0.25) is 9.59 Å². The van der Waals surface area contributed by atoms with Crippen LogP contribution in [0.15, 0.2) is 24.3 Å². The Kier molecular flexibility index (Phi) is 5.25. The summed E-state index contributed by atoms with van der Waals surface area (Å²) in [5.74, 6) is 0.949. The zero-order chi connectivity index (χ0) is 17.9. The minimum absolute atomic E-state index is 0.0735. The van der Waals surface area contributed by atoms with Gasteiger partial charge in [0.15, 0.2) is 0 Å². The van der Waals surface area contributed by atoms with Crippen molar-refractivity contribution in [2.45, 2.75) is 38.0 Å². The predicted molar refractivity (Wildman–Crippen MR) is 98.8 cm³/mol. The largest absolute Gasteiger partial charge is 0.378 e. The molecule has 1 aliphatic carbocycles. The third kappa shape index (κ3) is 3.63. The zero-order valence-electron chi connectivity index (χ0n) is 15.4. The number of piperidine rings is 1. The van der Waals surface area contributed by atoms with Crippen molar-refractivity contribution in [3.63, 3.8) is 0 Å². The van der Waals surface area contributed by atoms with Crippen LogP contribution in [-0.2, 0) is 20.7 Å². The Hall–Kier alpha value is -1.88. The molecule has 140 valence electrons. The highest BCUT2D eigenvalue weighted by Crippen LogP contribution is 2.36. The maximum Gasteiger partial charge on any atom is 0.225 e. The minimum atomic E-state index is 0.0735. The highest BCUT2D eigenvalue weighted by Gasteiger charge is 2.32. The van der Waals surface area contributed by atoms with Gasteiger partial charge in [-0.2, -0.15) is 0 Å². The van der Waals surface area contributed by atoms with Gasteiger partial charge in [-0.1, -0.05) is 24.3 Å². The molecular weight excluding hydrogens is 328 g/mol. The molecule has 4 rings (SSSR count). The molecule has 0 spiro atoms. The van der Waals surface area contributed by atoms with Gasteiger partial charge >= 0.3 is 0 Å². The van der Waals surface area contributed by atoms with Crippen LogP contribution in [-0.4, -0.2) is 61.0 Å². The van der Waals surface area contributed by atoms with Gasteiger partial charge in [0.25, 0.3) is 0 Å². The van der Waals surface area contributed by atoms with Crippen LogP contribution in [0.5, 0.6) is 0 Å². The van der Waals surface area contributed by atoms with Gasteiger partial charge in [-0.25, -0.2) is 0 Å². The monoisotopic (exact) mass is 356 g/mol. The van der Waals surface area contributed by atoms with Gasteiger partial charge in [0.1, 0.15) is 0 Å². The number of rotatable bonds is 3. The van der Waals surface area contributed by atoms with E-state index in [1.54, 1.807) is 0 Å². The maximum absolute atomic E-state index is 12.8. The van der Waals surface area contributed by atoms with Crippen molar-refractivity contribution < 1.29 is 14.3 Å². The summed E-state index contributed by atoms with van der Waals surface area (Å²) in [4.78, 5) is 29.3. The number of nitrogens with zero attached hydrogens (tertiary/aromatic N) is 2. The first-order chi connectivity index (χ1) is 12.7. The average Bonchev–Trinajstić information content (AvgIpc) is 3.11. The summed E-state index contributed by atoms with van der Waals surface area (Å²) >= 11 is 0. The molecule has 1 aromatic rings. The summed E-state index contributed by atoms with van der Waals surface area (Å²) in [5.41, 5.74) is 2.76. The third-order valence-electron chi connectivity index (χ3n) is 6.20. The maximum atomic E-state index is 12.8. The predicted octanol–water partition coefficient (Wildman–Crippen LogP) is 2.20. The van der Waals surface area contributed by atoms with Gasteiger partial charge in [0.2, 0.25) is 11.8 Å². The molecule has 2 aliphatic heterocycles. The normalized spacial score (nSPS) is 23.8. The van der Waals surface area contributed by atoms with Crippen molar-refractivity contribution in [3.8, 4) is 0 Å². The SMILES string of the molecule is O=C(C[C@H]1CCc2ccccc21)N1CCC(C(=O)N2CCOCC2)CC1. The lowest BCUT2D eigenvalue weighted by Crippen LogP contribution is -2.47. The van der Waals surface area contributed by atoms with Crippen LogP contribution >= 0.6 is 0 Å². The Morgan fingerprint density at radius 1 is 0.962 bits per heavy atom. The van der Waals surface area contributed by atoms with E-state index in [-0.39, 0.29) is 17.7 Å². The van der Waals surface area contributed by atoms with Crippen molar-refractivity contribution in [3.05, 3.63) is 35.4 Å². The Morgan fingerprint density at radius 2 is 1.69 bits per heavy atom. The molecule has 1 atom stereocenters. The van der Waals surface area contributed by atoms with E-state index in [0.29, 0.717) is 51.7 Å². The van der Waals surface area contributed by atoms with Gasteiger partial charge in [-0.05, 0) is 42.7 Å². The topological polar surface area (TPSA) is 49.9 Å². The molecule has 2 saturated heterocycles. The third-order valence-corrected chi connectivity index (χ3v) is 6.20. The van der Waals surface area contributed by atoms with Crippen molar-refractivity contribution in [2.75, 3.05) is 39.4 Å². The first-order valence-electron chi connectivity index (χ1n) is 9.94. The number of benzene rings is 1. The number of carbonyl (C=O) groups excluding carboxylic acids is 2. The molecule has 5 heteroatoms. The smallest absolute Gasteiger partial charge is 0.225 e. The Balaban J connectivity index is 1.28. The molecule has 3 aliphatic rings. The number of fused-ring (bicyclic) bond motifs is 1. The highest BCUT2D eigenvalue weighted by atomic mass is 16.5.